The standard InChI is InChI=1S/C24H23N5O4S/c1-34(31,32)20-9-7-19(8-10-20)33-23-21-15-27-29(22(21)25-16-26-23)18-11-13-28(14-12-18)24(30)17-5-3-2-4-6-17/h2-10,15-16,18H,11-14H2,1H3. The number of hydrogen-bond donors (Lipinski definition) is 0. The monoisotopic (exact) mass is 477 g/mol. The molecule has 0 aliphatic carbocycles. The number of hydrogen-bond acceptors (Lipinski definition) is 7. The molecule has 9 nitrogen and oxygen atoms in total. The maximum atomic E-state index is 12.7. The molecule has 1 saturated heterocycles. The van der Waals surface area contributed by atoms with Crippen LogP contribution in [0, 0.1) is 0 Å². The highest BCUT2D eigenvalue weighted by molar-refractivity contribution is 7.90. The fraction of sp³-hybridized carbons (Fsp3) is 0.250. The minimum absolute atomic E-state index is 0.0456. The summed E-state index contributed by atoms with van der Waals surface area (Å²) in [6.07, 6.45) is 5.80. The number of rotatable bonds is 5. The summed E-state index contributed by atoms with van der Waals surface area (Å²) in [6, 6.07) is 15.6. The van der Waals surface area contributed by atoms with Gasteiger partial charge < -0.3 is 9.64 Å². The van der Waals surface area contributed by atoms with Gasteiger partial charge in [0.1, 0.15) is 17.5 Å². The van der Waals surface area contributed by atoms with E-state index in [2.05, 4.69) is 15.1 Å². The van der Waals surface area contributed by atoms with Crippen LogP contribution in [0.15, 0.2) is 72.0 Å². The van der Waals surface area contributed by atoms with E-state index in [-0.39, 0.29) is 16.8 Å². The Hall–Kier alpha value is -3.79. The second-order valence-corrected chi connectivity index (χ2v) is 10.3. The molecule has 0 unspecified atom stereocenters. The number of nitrogens with zero attached hydrogens (tertiary/aromatic N) is 5. The fourth-order valence-electron chi connectivity index (χ4n) is 4.13. The molecule has 4 aromatic rings. The molecule has 0 radical (unpaired) electrons. The zero-order valence-corrected chi connectivity index (χ0v) is 19.4. The Balaban J connectivity index is 1.31. The molecule has 10 heteroatoms. The van der Waals surface area contributed by atoms with Gasteiger partial charge in [0.2, 0.25) is 5.88 Å². The van der Waals surface area contributed by atoms with Crippen molar-refractivity contribution < 1.29 is 17.9 Å². The van der Waals surface area contributed by atoms with E-state index in [1.54, 1.807) is 18.3 Å². The summed E-state index contributed by atoms with van der Waals surface area (Å²) in [6.45, 7) is 1.28. The highest BCUT2D eigenvalue weighted by atomic mass is 32.2. The Morgan fingerprint density at radius 2 is 1.71 bits per heavy atom. The number of aromatic nitrogens is 4. The molecule has 1 aliphatic rings. The van der Waals surface area contributed by atoms with E-state index in [4.69, 9.17) is 4.74 Å². The molecule has 2 aromatic carbocycles. The molecule has 5 rings (SSSR count). The van der Waals surface area contributed by atoms with Crippen molar-refractivity contribution in [2.45, 2.75) is 23.8 Å². The Kier molecular flexibility index (Phi) is 5.74. The minimum atomic E-state index is -3.28. The lowest BCUT2D eigenvalue weighted by Crippen LogP contribution is -2.39. The van der Waals surface area contributed by atoms with Gasteiger partial charge in [-0.3, -0.25) is 4.79 Å². The van der Waals surface area contributed by atoms with Crippen molar-refractivity contribution >= 4 is 26.8 Å². The summed E-state index contributed by atoms with van der Waals surface area (Å²) in [5.41, 5.74) is 1.36. The molecule has 0 saturated carbocycles. The number of sulfone groups is 1. The Labute approximate surface area is 196 Å². The van der Waals surface area contributed by atoms with Crippen LogP contribution >= 0.6 is 0 Å². The molecule has 1 amide bonds. The number of likely N-dealkylation sites (tertiary alicyclic amines) is 1. The van der Waals surface area contributed by atoms with Crippen LogP contribution in [-0.2, 0) is 9.84 Å². The van der Waals surface area contributed by atoms with Gasteiger partial charge in [0.25, 0.3) is 5.91 Å². The van der Waals surface area contributed by atoms with Gasteiger partial charge in [-0.2, -0.15) is 5.10 Å². The van der Waals surface area contributed by atoms with Crippen molar-refractivity contribution in [3.8, 4) is 11.6 Å². The number of fused-ring (bicyclic) bond motifs is 1. The third-order valence-electron chi connectivity index (χ3n) is 5.94. The second kappa shape index (κ2) is 8.86. The Morgan fingerprint density at radius 1 is 1.00 bits per heavy atom. The van der Waals surface area contributed by atoms with Crippen molar-refractivity contribution in [2.75, 3.05) is 19.3 Å². The van der Waals surface area contributed by atoms with Crippen molar-refractivity contribution in [1.29, 1.82) is 0 Å². The predicted octanol–water partition coefficient (Wildman–Crippen LogP) is 3.50. The highest BCUT2D eigenvalue weighted by Crippen LogP contribution is 2.31. The SMILES string of the molecule is CS(=O)(=O)c1ccc(Oc2ncnc3c2cnn3C2CCN(C(=O)c3ccccc3)CC2)cc1. The van der Waals surface area contributed by atoms with E-state index in [0.29, 0.717) is 41.3 Å². The largest absolute Gasteiger partial charge is 0.438 e. The number of carbonyl (C=O) groups is 1. The summed E-state index contributed by atoms with van der Waals surface area (Å²) in [5, 5.41) is 5.21. The quantitative estimate of drug-likeness (QED) is 0.433. The highest BCUT2D eigenvalue weighted by Gasteiger charge is 2.27. The van der Waals surface area contributed by atoms with E-state index in [9.17, 15) is 13.2 Å². The van der Waals surface area contributed by atoms with Crippen LogP contribution in [-0.4, -0.2) is 58.3 Å². The molecule has 2 aromatic heterocycles. The van der Waals surface area contributed by atoms with Crippen LogP contribution in [0.3, 0.4) is 0 Å². The van der Waals surface area contributed by atoms with Crippen LogP contribution in [0.2, 0.25) is 0 Å². The minimum Gasteiger partial charge on any atom is -0.438 e. The Morgan fingerprint density at radius 3 is 2.38 bits per heavy atom. The van der Waals surface area contributed by atoms with Crippen LogP contribution in [0.4, 0.5) is 0 Å². The van der Waals surface area contributed by atoms with Gasteiger partial charge in [0, 0.05) is 24.9 Å². The van der Waals surface area contributed by atoms with Gasteiger partial charge in [-0.15, -0.1) is 0 Å². The predicted molar refractivity (Wildman–Crippen MR) is 126 cm³/mol. The third kappa shape index (κ3) is 4.36. The molecule has 0 spiro atoms. The zero-order valence-electron chi connectivity index (χ0n) is 18.5. The molecule has 0 atom stereocenters. The van der Waals surface area contributed by atoms with E-state index in [1.165, 1.54) is 18.5 Å². The molecular formula is C24H23N5O4S. The van der Waals surface area contributed by atoms with Gasteiger partial charge in [-0.05, 0) is 49.2 Å². The summed E-state index contributed by atoms with van der Waals surface area (Å²) in [4.78, 5) is 23.5. The Bertz CT molecular complexity index is 1430. The van der Waals surface area contributed by atoms with E-state index in [0.717, 1.165) is 19.1 Å². The molecule has 1 fully saturated rings. The fourth-order valence-corrected chi connectivity index (χ4v) is 4.76. The zero-order chi connectivity index (χ0) is 23.7. The van der Waals surface area contributed by atoms with Crippen molar-refractivity contribution in [3.63, 3.8) is 0 Å². The van der Waals surface area contributed by atoms with Crippen molar-refractivity contribution in [3.05, 3.63) is 72.7 Å². The summed E-state index contributed by atoms with van der Waals surface area (Å²) >= 11 is 0. The smallest absolute Gasteiger partial charge is 0.253 e. The lowest BCUT2D eigenvalue weighted by Gasteiger charge is -2.32. The number of ether oxygens (including phenoxy) is 1. The first-order valence-electron chi connectivity index (χ1n) is 10.9. The van der Waals surface area contributed by atoms with Crippen molar-refractivity contribution in [1.82, 2.24) is 24.6 Å². The van der Waals surface area contributed by atoms with E-state index in [1.807, 2.05) is 39.9 Å². The molecular weight excluding hydrogens is 454 g/mol. The van der Waals surface area contributed by atoms with Gasteiger partial charge >= 0.3 is 0 Å². The van der Waals surface area contributed by atoms with Crippen LogP contribution in [0.25, 0.3) is 11.0 Å². The van der Waals surface area contributed by atoms with Crippen LogP contribution < -0.4 is 4.74 Å². The van der Waals surface area contributed by atoms with Gasteiger partial charge in [0.05, 0.1) is 17.1 Å². The number of amides is 1. The maximum Gasteiger partial charge on any atom is 0.253 e. The average Bonchev–Trinajstić information content (AvgIpc) is 3.29. The van der Waals surface area contributed by atoms with E-state index < -0.39 is 9.84 Å². The normalized spacial score (nSPS) is 14.9. The van der Waals surface area contributed by atoms with Gasteiger partial charge in [-0.1, -0.05) is 18.2 Å². The maximum absolute atomic E-state index is 12.7. The summed E-state index contributed by atoms with van der Waals surface area (Å²) in [5.74, 6) is 0.859. The molecule has 174 valence electrons. The number of piperidine rings is 1. The number of benzene rings is 2. The van der Waals surface area contributed by atoms with Gasteiger partial charge in [0.15, 0.2) is 15.5 Å². The first-order chi connectivity index (χ1) is 16.4. The third-order valence-corrected chi connectivity index (χ3v) is 7.07. The molecule has 0 N–H and O–H groups in total. The summed E-state index contributed by atoms with van der Waals surface area (Å²) < 4.78 is 31.1. The lowest BCUT2D eigenvalue weighted by atomic mass is 10.0. The average molecular weight is 478 g/mol. The second-order valence-electron chi connectivity index (χ2n) is 8.24. The number of carbonyl (C=O) groups excluding carboxylic acids is 1. The molecule has 34 heavy (non-hydrogen) atoms. The topological polar surface area (TPSA) is 107 Å². The molecule has 1 aliphatic heterocycles. The van der Waals surface area contributed by atoms with Gasteiger partial charge in [-0.25, -0.2) is 23.1 Å². The first-order valence-corrected chi connectivity index (χ1v) is 12.8. The van der Waals surface area contributed by atoms with Crippen LogP contribution in [0.1, 0.15) is 29.2 Å². The summed E-state index contributed by atoms with van der Waals surface area (Å²) in [7, 11) is -3.28. The van der Waals surface area contributed by atoms with Crippen LogP contribution in [0.5, 0.6) is 11.6 Å². The first kappa shape index (κ1) is 22.0. The lowest BCUT2D eigenvalue weighted by molar-refractivity contribution is 0.0691. The molecule has 0 bridgehead atoms. The molecule has 3 heterocycles. The van der Waals surface area contributed by atoms with Crippen molar-refractivity contribution in [2.24, 2.45) is 0 Å². The van der Waals surface area contributed by atoms with E-state index >= 15 is 0 Å².